The Labute approximate surface area is 133 Å². The third-order valence-electron chi connectivity index (χ3n) is 2.80. The van der Waals surface area contributed by atoms with Crippen LogP contribution in [0.15, 0.2) is 36.0 Å². The van der Waals surface area contributed by atoms with Crippen LogP contribution in [0.1, 0.15) is 12.5 Å². The Morgan fingerprint density at radius 2 is 2.05 bits per heavy atom. The normalized spacial score (nSPS) is 12.1. The Hall–Kier alpha value is -2.52. The Balaban J connectivity index is 2.48. The number of nitrogens with zero attached hydrogens (tertiary/aromatic N) is 1. The van der Waals surface area contributed by atoms with E-state index in [1.807, 2.05) is 12.1 Å². The van der Waals surface area contributed by atoms with Crippen molar-refractivity contribution in [2.45, 2.75) is 19.4 Å². The van der Waals surface area contributed by atoms with Crippen molar-refractivity contribution in [2.75, 3.05) is 6.54 Å². The largest absolute Gasteiger partial charge is 0.480 e. The van der Waals surface area contributed by atoms with Gasteiger partial charge >= 0.3 is 5.97 Å². The van der Waals surface area contributed by atoms with Gasteiger partial charge < -0.3 is 15.7 Å². The fourth-order valence-electron chi connectivity index (χ4n) is 1.53. The van der Waals surface area contributed by atoms with Crippen molar-refractivity contribution < 1.29 is 14.7 Å². The van der Waals surface area contributed by atoms with Crippen LogP contribution >= 0.6 is 11.6 Å². The standard InChI is InChI=1S/C15H16ClN3O3/c1-10(15(21)22)19-14(20)12(8-17)9-18-7-6-11-2-4-13(16)5-3-11/h2-5,9-10,18H,6-7H2,1H3,(H,19,20)(H,21,22)/b12-9-. The maximum Gasteiger partial charge on any atom is 0.325 e. The molecule has 7 heteroatoms. The summed E-state index contributed by atoms with van der Waals surface area (Å²) in [4.78, 5) is 22.3. The van der Waals surface area contributed by atoms with Gasteiger partial charge in [-0.05, 0) is 31.0 Å². The molecule has 22 heavy (non-hydrogen) atoms. The average Bonchev–Trinajstić information content (AvgIpc) is 2.48. The third kappa shape index (κ3) is 5.85. The van der Waals surface area contributed by atoms with Crippen molar-refractivity contribution >= 4 is 23.5 Å². The highest BCUT2D eigenvalue weighted by Gasteiger charge is 2.16. The molecule has 0 aliphatic rings. The number of amides is 1. The number of nitrogens with one attached hydrogen (secondary N) is 2. The predicted molar refractivity (Wildman–Crippen MR) is 82.1 cm³/mol. The molecule has 1 atom stereocenters. The number of hydrogen-bond donors (Lipinski definition) is 3. The summed E-state index contributed by atoms with van der Waals surface area (Å²) in [6, 6.07) is 8.02. The summed E-state index contributed by atoms with van der Waals surface area (Å²) < 4.78 is 0. The summed E-state index contributed by atoms with van der Waals surface area (Å²) in [5, 5.41) is 23.3. The molecule has 116 valence electrons. The van der Waals surface area contributed by atoms with E-state index in [4.69, 9.17) is 22.0 Å². The number of carbonyl (C=O) groups excluding carboxylic acids is 1. The van der Waals surface area contributed by atoms with E-state index in [0.29, 0.717) is 18.0 Å². The second-order valence-electron chi connectivity index (χ2n) is 4.53. The van der Waals surface area contributed by atoms with Gasteiger partial charge in [-0.2, -0.15) is 5.26 Å². The van der Waals surface area contributed by atoms with Gasteiger partial charge in [-0.1, -0.05) is 23.7 Å². The minimum atomic E-state index is -1.17. The van der Waals surface area contributed by atoms with Crippen LogP contribution in [0.3, 0.4) is 0 Å². The van der Waals surface area contributed by atoms with Crippen LogP contribution in [-0.4, -0.2) is 29.6 Å². The number of benzene rings is 1. The quantitative estimate of drug-likeness (QED) is 0.401. The first kappa shape index (κ1) is 17.5. The zero-order valence-corrected chi connectivity index (χ0v) is 12.7. The van der Waals surface area contributed by atoms with E-state index < -0.39 is 17.9 Å². The third-order valence-corrected chi connectivity index (χ3v) is 3.05. The molecule has 0 spiro atoms. The van der Waals surface area contributed by atoms with Crippen LogP contribution < -0.4 is 10.6 Å². The second kappa shape index (κ2) is 8.70. The van der Waals surface area contributed by atoms with Gasteiger partial charge in [-0.25, -0.2) is 0 Å². The fraction of sp³-hybridized carbons (Fsp3) is 0.267. The van der Waals surface area contributed by atoms with Crippen molar-refractivity contribution in [1.29, 1.82) is 5.26 Å². The highest BCUT2D eigenvalue weighted by atomic mass is 35.5. The summed E-state index contributed by atoms with van der Waals surface area (Å²) in [5.74, 6) is -1.89. The zero-order chi connectivity index (χ0) is 16.5. The highest BCUT2D eigenvalue weighted by molar-refractivity contribution is 6.30. The van der Waals surface area contributed by atoms with Crippen molar-refractivity contribution in [1.82, 2.24) is 10.6 Å². The molecule has 0 aromatic heterocycles. The van der Waals surface area contributed by atoms with E-state index in [0.717, 1.165) is 5.56 Å². The van der Waals surface area contributed by atoms with Crippen LogP contribution in [0.5, 0.6) is 0 Å². The smallest absolute Gasteiger partial charge is 0.325 e. The van der Waals surface area contributed by atoms with Crippen molar-refractivity contribution in [3.63, 3.8) is 0 Å². The van der Waals surface area contributed by atoms with Gasteiger partial charge in [-0.3, -0.25) is 9.59 Å². The molecule has 0 bridgehead atoms. The predicted octanol–water partition coefficient (Wildman–Crippen LogP) is 1.47. The van der Waals surface area contributed by atoms with Crippen LogP contribution in [-0.2, 0) is 16.0 Å². The molecule has 1 aromatic rings. The molecule has 0 aliphatic carbocycles. The number of hydrogen-bond acceptors (Lipinski definition) is 4. The van der Waals surface area contributed by atoms with E-state index in [9.17, 15) is 9.59 Å². The molecule has 0 radical (unpaired) electrons. The minimum Gasteiger partial charge on any atom is -0.480 e. The lowest BCUT2D eigenvalue weighted by Crippen LogP contribution is -2.39. The topological polar surface area (TPSA) is 102 Å². The van der Waals surface area contributed by atoms with E-state index in [1.165, 1.54) is 13.1 Å². The molecule has 0 saturated carbocycles. The number of carbonyl (C=O) groups is 2. The summed E-state index contributed by atoms with van der Waals surface area (Å²) in [6.45, 7) is 1.85. The van der Waals surface area contributed by atoms with Crippen molar-refractivity contribution in [3.05, 3.63) is 46.6 Å². The first-order valence-electron chi connectivity index (χ1n) is 6.55. The summed E-state index contributed by atoms with van der Waals surface area (Å²) in [6.07, 6.45) is 1.97. The number of carboxylic acids is 1. The molecule has 1 amide bonds. The number of carboxylic acid groups (broad SMARTS) is 1. The van der Waals surface area contributed by atoms with Gasteiger partial charge in [0.1, 0.15) is 17.7 Å². The summed E-state index contributed by atoms with van der Waals surface area (Å²) in [7, 11) is 0. The molecule has 1 aromatic carbocycles. The van der Waals surface area contributed by atoms with Gasteiger partial charge in [0.2, 0.25) is 0 Å². The lowest BCUT2D eigenvalue weighted by Gasteiger charge is -2.08. The molecule has 1 rings (SSSR count). The fourth-order valence-corrected chi connectivity index (χ4v) is 1.65. The van der Waals surface area contributed by atoms with E-state index in [2.05, 4.69) is 10.6 Å². The average molecular weight is 322 g/mol. The van der Waals surface area contributed by atoms with Crippen molar-refractivity contribution in [2.24, 2.45) is 0 Å². The molecule has 0 aliphatic heterocycles. The molecular weight excluding hydrogens is 306 g/mol. The molecule has 1 unspecified atom stereocenters. The number of rotatable bonds is 7. The highest BCUT2D eigenvalue weighted by Crippen LogP contribution is 2.09. The Morgan fingerprint density at radius 3 is 2.59 bits per heavy atom. The Morgan fingerprint density at radius 1 is 1.41 bits per heavy atom. The van der Waals surface area contributed by atoms with Crippen LogP contribution in [0.4, 0.5) is 0 Å². The Bertz CT molecular complexity index is 605. The van der Waals surface area contributed by atoms with E-state index >= 15 is 0 Å². The van der Waals surface area contributed by atoms with Gasteiger partial charge in [0.15, 0.2) is 0 Å². The maximum atomic E-state index is 11.7. The minimum absolute atomic E-state index is 0.177. The molecule has 0 saturated heterocycles. The van der Waals surface area contributed by atoms with Gasteiger partial charge in [-0.15, -0.1) is 0 Å². The van der Waals surface area contributed by atoms with Crippen LogP contribution in [0.2, 0.25) is 5.02 Å². The van der Waals surface area contributed by atoms with Crippen LogP contribution in [0, 0.1) is 11.3 Å². The second-order valence-corrected chi connectivity index (χ2v) is 4.97. The maximum absolute atomic E-state index is 11.7. The van der Waals surface area contributed by atoms with E-state index in [1.54, 1.807) is 18.2 Å². The van der Waals surface area contributed by atoms with Crippen LogP contribution in [0.25, 0.3) is 0 Å². The first-order chi connectivity index (χ1) is 10.4. The lowest BCUT2D eigenvalue weighted by atomic mass is 10.1. The lowest BCUT2D eigenvalue weighted by molar-refractivity contribution is -0.140. The number of aliphatic carboxylic acids is 1. The van der Waals surface area contributed by atoms with Gasteiger partial charge in [0, 0.05) is 17.8 Å². The zero-order valence-electron chi connectivity index (χ0n) is 12.0. The molecule has 3 N–H and O–H groups in total. The monoisotopic (exact) mass is 321 g/mol. The van der Waals surface area contributed by atoms with Crippen molar-refractivity contribution in [3.8, 4) is 6.07 Å². The summed E-state index contributed by atoms with van der Waals surface area (Å²) in [5.41, 5.74) is 0.886. The number of halogens is 1. The SMILES string of the molecule is CC(NC(=O)/C(C#N)=C\NCCc1ccc(Cl)cc1)C(=O)O. The van der Waals surface area contributed by atoms with E-state index in [-0.39, 0.29) is 5.57 Å². The van der Waals surface area contributed by atoms with Gasteiger partial charge in [0.05, 0.1) is 0 Å². The molecule has 0 fully saturated rings. The number of nitriles is 1. The van der Waals surface area contributed by atoms with Gasteiger partial charge in [0.25, 0.3) is 5.91 Å². The molecule has 6 nitrogen and oxygen atoms in total. The summed E-state index contributed by atoms with van der Waals surface area (Å²) >= 11 is 5.78. The molecule has 0 heterocycles. The first-order valence-corrected chi connectivity index (χ1v) is 6.93. The Kier molecular flexibility index (Phi) is 6.93. The molecular formula is C15H16ClN3O3.